The molecule has 2 amide bonds. The molecule has 0 spiro atoms. The van der Waals surface area contributed by atoms with Gasteiger partial charge in [0.1, 0.15) is 0 Å². The van der Waals surface area contributed by atoms with Crippen LogP contribution in [0.15, 0.2) is 42.5 Å². The third kappa shape index (κ3) is 4.09. The number of rotatable bonds is 5. The van der Waals surface area contributed by atoms with E-state index in [1.165, 1.54) is 23.8 Å². The Morgan fingerprint density at radius 1 is 1.30 bits per heavy atom. The normalized spacial score (nSPS) is 16.4. The van der Waals surface area contributed by atoms with E-state index in [2.05, 4.69) is 12.2 Å². The van der Waals surface area contributed by atoms with Crippen molar-refractivity contribution < 1.29 is 14.5 Å². The van der Waals surface area contributed by atoms with Crippen molar-refractivity contribution in [1.29, 1.82) is 0 Å². The van der Waals surface area contributed by atoms with Crippen molar-refractivity contribution in [2.45, 2.75) is 19.8 Å². The highest BCUT2D eigenvalue weighted by Crippen LogP contribution is 2.30. The standard InChI is InChI=1S/C19H18ClN3O4/c1-2-12-3-5-14(6-4-12)22-11-13(9-18(22)24)19(25)21-17-10-15(23(26)27)7-8-16(17)20/h3-8,10,13H,2,9,11H2,1H3,(H,21,25)/t13-/m0/s1. The van der Waals surface area contributed by atoms with Crippen LogP contribution in [0.1, 0.15) is 18.9 Å². The van der Waals surface area contributed by atoms with Crippen molar-refractivity contribution in [3.8, 4) is 0 Å². The Bertz CT molecular complexity index is 898. The van der Waals surface area contributed by atoms with Gasteiger partial charge in [-0.15, -0.1) is 0 Å². The Balaban J connectivity index is 1.72. The van der Waals surface area contributed by atoms with Gasteiger partial charge in [-0.2, -0.15) is 0 Å². The number of aryl methyl sites for hydroxylation is 1. The molecule has 7 nitrogen and oxygen atoms in total. The molecule has 27 heavy (non-hydrogen) atoms. The number of amides is 2. The summed E-state index contributed by atoms with van der Waals surface area (Å²) in [4.78, 5) is 36.8. The molecule has 0 aliphatic carbocycles. The Kier molecular flexibility index (Phi) is 5.41. The fourth-order valence-corrected chi connectivity index (χ4v) is 3.17. The minimum absolute atomic E-state index is 0.0773. The van der Waals surface area contributed by atoms with Gasteiger partial charge in [0.25, 0.3) is 5.69 Å². The molecule has 140 valence electrons. The summed E-state index contributed by atoms with van der Waals surface area (Å²) < 4.78 is 0. The Hall–Kier alpha value is -2.93. The molecule has 0 aromatic heterocycles. The van der Waals surface area contributed by atoms with Crippen LogP contribution >= 0.6 is 11.6 Å². The van der Waals surface area contributed by atoms with Gasteiger partial charge in [0, 0.05) is 30.8 Å². The molecule has 0 unspecified atom stereocenters. The lowest BCUT2D eigenvalue weighted by atomic mass is 10.1. The number of nitro groups is 1. The molecule has 2 aromatic carbocycles. The van der Waals surface area contributed by atoms with Gasteiger partial charge in [-0.25, -0.2) is 0 Å². The molecule has 1 fully saturated rings. The molecule has 1 aliphatic rings. The van der Waals surface area contributed by atoms with Crippen molar-refractivity contribution in [3.63, 3.8) is 0 Å². The van der Waals surface area contributed by atoms with Crippen LogP contribution in [0.2, 0.25) is 5.02 Å². The topological polar surface area (TPSA) is 92.6 Å². The quantitative estimate of drug-likeness (QED) is 0.623. The second-order valence-corrected chi connectivity index (χ2v) is 6.74. The molecule has 1 aliphatic heterocycles. The highest BCUT2D eigenvalue weighted by atomic mass is 35.5. The first kappa shape index (κ1) is 18.8. The summed E-state index contributed by atoms with van der Waals surface area (Å²) in [6, 6.07) is 11.5. The second-order valence-electron chi connectivity index (χ2n) is 6.34. The summed E-state index contributed by atoms with van der Waals surface area (Å²) in [5, 5.41) is 13.7. The molecule has 8 heteroatoms. The van der Waals surface area contributed by atoms with E-state index in [0.717, 1.165) is 12.1 Å². The number of carbonyl (C=O) groups is 2. The van der Waals surface area contributed by atoms with Crippen LogP contribution in [0.4, 0.5) is 17.1 Å². The minimum atomic E-state index is -0.563. The van der Waals surface area contributed by atoms with Crippen LogP contribution in [0.25, 0.3) is 0 Å². The van der Waals surface area contributed by atoms with Crippen LogP contribution in [-0.2, 0) is 16.0 Å². The van der Waals surface area contributed by atoms with Gasteiger partial charge in [0.15, 0.2) is 0 Å². The SMILES string of the molecule is CCc1ccc(N2C[C@@H](C(=O)Nc3cc([N+](=O)[O-])ccc3Cl)CC2=O)cc1. The lowest BCUT2D eigenvalue weighted by Crippen LogP contribution is -2.28. The zero-order valence-corrected chi connectivity index (χ0v) is 15.4. The third-order valence-corrected chi connectivity index (χ3v) is 4.90. The first-order valence-electron chi connectivity index (χ1n) is 8.53. The molecule has 1 atom stereocenters. The Labute approximate surface area is 161 Å². The maximum atomic E-state index is 12.6. The van der Waals surface area contributed by atoms with Crippen LogP contribution in [0, 0.1) is 16.0 Å². The number of hydrogen-bond acceptors (Lipinski definition) is 4. The van der Waals surface area contributed by atoms with E-state index in [9.17, 15) is 19.7 Å². The number of benzene rings is 2. The molecule has 0 bridgehead atoms. The molecule has 1 saturated heterocycles. The minimum Gasteiger partial charge on any atom is -0.324 e. The number of nitro benzene ring substituents is 1. The fraction of sp³-hybridized carbons (Fsp3) is 0.263. The number of hydrogen-bond donors (Lipinski definition) is 1. The van der Waals surface area contributed by atoms with Crippen molar-refractivity contribution in [3.05, 3.63) is 63.2 Å². The molecule has 0 radical (unpaired) electrons. The van der Waals surface area contributed by atoms with Crippen molar-refractivity contribution in [2.24, 2.45) is 5.92 Å². The predicted octanol–water partition coefficient (Wildman–Crippen LogP) is 3.80. The van der Waals surface area contributed by atoms with E-state index in [4.69, 9.17) is 11.6 Å². The molecule has 1 heterocycles. The van der Waals surface area contributed by atoms with Gasteiger partial charge < -0.3 is 10.2 Å². The van der Waals surface area contributed by atoms with Gasteiger partial charge in [-0.05, 0) is 30.2 Å². The molecule has 3 rings (SSSR count). The van der Waals surface area contributed by atoms with Crippen LogP contribution < -0.4 is 10.2 Å². The van der Waals surface area contributed by atoms with Crippen LogP contribution in [-0.4, -0.2) is 23.3 Å². The smallest absolute Gasteiger partial charge is 0.271 e. The molecule has 2 aromatic rings. The second kappa shape index (κ2) is 7.75. The summed E-state index contributed by atoms with van der Waals surface area (Å²) in [5.74, 6) is -1.08. The number of anilines is 2. The fourth-order valence-electron chi connectivity index (χ4n) is 3.00. The monoisotopic (exact) mass is 387 g/mol. The van der Waals surface area contributed by atoms with Gasteiger partial charge in [-0.3, -0.25) is 19.7 Å². The maximum Gasteiger partial charge on any atom is 0.271 e. The van der Waals surface area contributed by atoms with Gasteiger partial charge >= 0.3 is 0 Å². The average molecular weight is 388 g/mol. The Morgan fingerprint density at radius 3 is 2.63 bits per heavy atom. The third-order valence-electron chi connectivity index (χ3n) is 4.57. The van der Waals surface area contributed by atoms with Gasteiger partial charge in [0.2, 0.25) is 11.8 Å². The van der Waals surface area contributed by atoms with Crippen LogP contribution in [0.3, 0.4) is 0 Å². The van der Waals surface area contributed by atoms with E-state index >= 15 is 0 Å². The highest BCUT2D eigenvalue weighted by molar-refractivity contribution is 6.33. The maximum absolute atomic E-state index is 12.6. The summed E-state index contributed by atoms with van der Waals surface area (Å²) in [6.07, 6.45) is 0.983. The van der Waals surface area contributed by atoms with Gasteiger partial charge in [-0.1, -0.05) is 30.7 Å². The largest absolute Gasteiger partial charge is 0.324 e. The lowest BCUT2D eigenvalue weighted by Gasteiger charge is -2.17. The van der Waals surface area contributed by atoms with Crippen molar-refractivity contribution in [1.82, 2.24) is 0 Å². The summed E-state index contributed by atoms with van der Waals surface area (Å²) in [5.41, 5.74) is 1.91. The van der Waals surface area contributed by atoms with E-state index in [1.54, 1.807) is 4.90 Å². The highest BCUT2D eigenvalue weighted by Gasteiger charge is 2.35. The van der Waals surface area contributed by atoms with E-state index in [1.807, 2.05) is 24.3 Å². The number of carbonyl (C=O) groups excluding carboxylic acids is 2. The zero-order valence-electron chi connectivity index (χ0n) is 14.6. The van der Waals surface area contributed by atoms with Gasteiger partial charge in [0.05, 0.1) is 21.6 Å². The number of nitrogens with one attached hydrogen (secondary N) is 1. The van der Waals surface area contributed by atoms with Crippen molar-refractivity contribution >= 4 is 40.5 Å². The van der Waals surface area contributed by atoms with E-state index in [0.29, 0.717) is 0 Å². The first-order chi connectivity index (χ1) is 12.9. The summed E-state index contributed by atoms with van der Waals surface area (Å²) >= 11 is 6.02. The lowest BCUT2D eigenvalue weighted by molar-refractivity contribution is -0.384. The summed E-state index contributed by atoms with van der Waals surface area (Å²) in [6.45, 7) is 2.30. The molecule has 0 saturated carbocycles. The van der Waals surface area contributed by atoms with E-state index in [-0.39, 0.29) is 35.3 Å². The van der Waals surface area contributed by atoms with Crippen molar-refractivity contribution in [2.75, 3.05) is 16.8 Å². The van der Waals surface area contributed by atoms with E-state index < -0.39 is 16.7 Å². The Morgan fingerprint density at radius 2 is 2.00 bits per heavy atom. The zero-order chi connectivity index (χ0) is 19.6. The average Bonchev–Trinajstić information content (AvgIpc) is 3.05. The number of nitrogens with zero attached hydrogens (tertiary/aromatic N) is 2. The molecule has 1 N–H and O–H groups in total. The van der Waals surface area contributed by atoms with Crippen LogP contribution in [0.5, 0.6) is 0 Å². The molecular weight excluding hydrogens is 370 g/mol. The molecular formula is C19H18ClN3O4. The first-order valence-corrected chi connectivity index (χ1v) is 8.91. The number of non-ortho nitro benzene ring substituents is 1. The number of halogens is 1. The predicted molar refractivity (Wildman–Crippen MR) is 103 cm³/mol. The summed E-state index contributed by atoms with van der Waals surface area (Å²) in [7, 11) is 0.